The summed E-state index contributed by atoms with van der Waals surface area (Å²) >= 11 is 0. The first-order chi connectivity index (χ1) is 8.26. The standard InChI is InChI=1S/C16H25N/c1-4-6-10-17(5-2)16-12-15-9-7-8-14(15)11-13(16)3/h11-12H,4-10H2,1-3H3. The van der Waals surface area contributed by atoms with E-state index in [1.807, 2.05) is 0 Å². The fraction of sp³-hybridized carbons (Fsp3) is 0.625. The fourth-order valence-electron chi connectivity index (χ4n) is 2.87. The molecule has 1 aliphatic carbocycles. The third-order valence-corrected chi connectivity index (χ3v) is 3.91. The molecule has 1 aromatic rings. The number of hydrogen-bond acceptors (Lipinski definition) is 1. The van der Waals surface area contributed by atoms with Crippen molar-refractivity contribution in [2.45, 2.75) is 52.9 Å². The number of aryl methyl sites for hydroxylation is 3. The second kappa shape index (κ2) is 5.57. The third-order valence-electron chi connectivity index (χ3n) is 3.91. The molecule has 1 heteroatoms. The van der Waals surface area contributed by atoms with Crippen molar-refractivity contribution < 1.29 is 0 Å². The lowest BCUT2D eigenvalue weighted by Gasteiger charge is -2.25. The highest BCUT2D eigenvalue weighted by molar-refractivity contribution is 5.58. The SMILES string of the molecule is CCCCN(CC)c1cc2c(cc1C)CCC2. The predicted octanol–water partition coefficient (Wildman–Crippen LogP) is 4.11. The van der Waals surface area contributed by atoms with E-state index >= 15 is 0 Å². The van der Waals surface area contributed by atoms with Crippen LogP contribution in [0, 0.1) is 6.92 Å². The van der Waals surface area contributed by atoms with E-state index < -0.39 is 0 Å². The van der Waals surface area contributed by atoms with Crippen LogP contribution in [0.1, 0.15) is 49.8 Å². The summed E-state index contributed by atoms with van der Waals surface area (Å²) in [7, 11) is 0. The summed E-state index contributed by atoms with van der Waals surface area (Å²) in [5.74, 6) is 0. The molecular weight excluding hydrogens is 206 g/mol. The van der Waals surface area contributed by atoms with Crippen molar-refractivity contribution in [1.82, 2.24) is 0 Å². The first-order valence-electron chi connectivity index (χ1n) is 7.13. The number of rotatable bonds is 5. The monoisotopic (exact) mass is 231 g/mol. The predicted molar refractivity (Wildman–Crippen MR) is 76.0 cm³/mol. The second-order valence-corrected chi connectivity index (χ2v) is 5.19. The molecule has 17 heavy (non-hydrogen) atoms. The molecule has 0 saturated carbocycles. The minimum absolute atomic E-state index is 1.12. The Labute approximate surface area is 106 Å². The summed E-state index contributed by atoms with van der Waals surface area (Å²) in [6, 6.07) is 4.88. The quantitative estimate of drug-likeness (QED) is 0.737. The summed E-state index contributed by atoms with van der Waals surface area (Å²) in [5.41, 5.74) is 6.13. The topological polar surface area (TPSA) is 3.24 Å². The van der Waals surface area contributed by atoms with Gasteiger partial charge in [-0.1, -0.05) is 19.4 Å². The van der Waals surface area contributed by atoms with E-state index in [0.717, 1.165) is 6.54 Å². The van der Waals surface area contributed by atoms with Crippen molar-refractivity contribution in [1.29, 1.82) is 0 Å². The molecule has 2 rings (SSSR count). The highest BCUT2D eigenvalue weighted by atomic mass is 15.1. The van der Waals surface area contributed by atoms with Gasteiger partial charge in [-0.05, 0) is 62.3 Å². The first-order valence-corrected chi connectivity index (χ1v) is 7.13. The molecule has 0 saturated heterocycles. The Morgan fingerprint density at radius 1 is 1.12 bits per heavy atom. The summed E-state index contributed by atoms with van der Waals surface area (Å²) in [6.45, 7) is 9.13. The van der Waals surface area contributed by atoms with Gasteiger partial charge in [-0.3, -0.25) is 0 Å². The maximum absolute atomic E-state index is 2.54. The largest absolute Gasteiger partial charge is 0.372 e. The molecule has 0 spiro atoms. The van der Waals surface area contributed by atoms with Crippen LogP contribution in [-0.4, -0.2) is 13.1 Å². The van der Waals surface area contributed by atoms with Crippen molar-refractivity contribution in [3.63, 3.8) is 0 Å². The van der Waals surface area contributed by atoms with Gasteiger partial charge in [0, 0.05) is 18.8 Å². The Kier molecular flexibility index (Phi) is 4.09. The molecule has 1 nitrogen and oxygen atoms in total. The number of hydrogen-bond donors (Lipinski definition) is 0. The normalized spacial score (nSPS) is 13.8. The molecule has 1 aromatic carbocycles. The van der Waals surface area contributed by atoms with Gasteiger partial charge in [0.25, 0.3) is 0 Å². The maximum atomic E-state index is 2.54. The minimum atomic E-state index is 1.12. The van der Waals surface area contributed by atoms with E-state index in [2.05, 4.69) is 37.8 Å². The van der Waals surface area contributed by atoms with Crippen molar-refractivity contribution in [3.05, 3.63) is 28.8 Å². The first kappa shape index (κ1) is 12.5. The average molecular weight is 231 g/mol. The Morgan fingerprint density at radius 2 is 1.82 bits per heavy atom. The molecule has 0 amide bonds. The van der Waals surface area contributed by atoms with Crippen molar-refractivity contribution in [2.24, 2.45) is 0 Å². The van der Waals surface area contributed by atoms with Crippen molar-refractivity contribution in [3.8, 4) is 0 Å². The smallest absolute Gasteiger partial charge is 0.0398 e. The molecule has 0 atom stereocenters. The van der Waals surface area contributed by atoms with E-state index in [-0.39, 0.29) is 0 Å². The van der Waals surface area contributed by atoms with Crippen LogP contribution < -0.4 is 4.90 Å². The van der Waals surface area contributed by atoms with E-state index in [0.29, 0.717) is 0 Å². The van der Waals surface area contributed by atoms with Crippen LogP contribution in [0.5, 0.6) is 0 Å². The van der Waals surface area contributed by atoms with Gasteiger partial charge in [-0.15, -0.1) is 0 Å². The Bertz CT molecular complexity index is 381. The number of nitrogens with zero attached hydrogens (tertiary/aromatic N) is 1. The van der Waals surface area contributed by atoms with Crippen molar-refractivity contribution >= 4 is 5.69 Å². The summed E-state index contributed by atoms with van der Waals surface area (Å²) in [4.78, 5) is 2.54. The van der Waals surface area contributed by atoms with Crippen LogP contribution in [0.4, 0.5) is 5.69 Å². The number of fused-ring (bicyclic) bond motifs is 1. The third kappa shape index (κ3) is 2.65. The second-order valence-electron chi connectivity index (χ2n) is 5.19. The van der Waals surface area contributed by atoms with Gasteiger partial charge in [0.15, 0.2) is 0 Å². The number of unbranched alkanes of at least 4 members (excludes halogenated alkanes) is 1. The number of benzene rings is 1. The molecule has 0 unspecified atom stereocenters. The minimum Gasteiger partial charge on any atom is -0.372 e. The average Bonchev–Trinajstić information content (AvgIpc) is 2.77. The zero-order chi connectivity index (χ0) is 12.3. The lowest BCUT2D eigenvalue weighted by Crippen LogP contribution is -2.24. The Hall–Kier alpha value is -0.980. The van der Waals surface area contributed by atoms with Crippen LogP contribution in [0.15, 0.2) is 12.1 Å². The van der Waals surface area contributed by atoms with Crippen LogP contribution in [0.3, 0.4) is 0 Å². The molecule has 0 heterocycles. The van der Waals surface area contributed by atoms with Gasteiger partial charge in [0.2, 0.25) is 0 Å². The summed E-state index contributed by atoms with van der Waals surface area (Å²) in [5, 5.41) is 0. The molecule has 0 radical (unpaired) electrons. The molecule has 1 aliphatic rings. The fourth-order valence-corrected chi connectivity index (χ4v) is 2.87. The molecule has 0 bridgehead atoms. The van der Waals surface area contributed by atoms with Gasteiger partial charge in [-0.2, -0.15) is 0 Å². The van der Waals surface area contributed by atoms with E-state index in [1.54, 1.807) is 11.1 Å². The van der Waals surface area contributed by atoms with Crippen LogP contribution in [0.2, 0.25) is 0 Å². The molecule has 0 fully saturated rings. The molecule has 0 aromatic heterocycles. The van der Waals surface area contributed by atoms with Gasteiger partial charge < -0.3 is 4.90 Å². The van der Waals surface area contributed by atoms with Gasteiger partial charge in [0.05, 0.1) is 0 Å². The lowest BCUT2D eigenvalue weighted by atomic mass is 10.0. The Morgan fingerprint density at radius 3 is 2.47 bits per heavy atom. The molecule has 94 valence electrons. The lowest BCUT2D eigenvalue weighted by molar-refractivity contribution is 0.730. The Balaban J connectivity index is 2.24. The van der Waals surface area contributed by atoms with E-state index in [4.69, 9.17) is 0 Å². The zero-order valence-corrected chi connectivity index (χ0v) is 11.6. The molecule has 0 aliphatic heterocycles. The molecule has 0 N–H and O–H groups in total. The van der Waals surface area contributed by atoms with Crippen molar-refractivity contribution in [2.75, 3.05) is 18.0 Å². The van der Waals surface area contributed by atoms with Crippen LogP contribution in [-0.2, 0) is 12.8 Å². The van der Waals surface area contributed by atoms with E-state index in [9.17, 15) is 0 Å². The zero-order valence-electron chi connectivity index (χ0n) is 11.6. The van der Waals surface area contributed by atoms with Gasteiger partial charge in [-0.25, -0.2) is 0 Å². The van der Waals surface area contributed by atoms with Gasteiger partial charge in [0.1, 0.15) is 0 Å². The molecular formula is C16H25N. The van der Waals surface area contributed by atoms with Gasteiger partial charge >= 0.3 is 0 Å². The highest BCUT2D eigenvalue weighted by Gasteiger charge is 2.15. The maximum Gasteiger partial charge on any atom is 0.0398 e. The van der Waals surface area contributed by atoms with Crippen LogP contribution in [0.25, 0.3) is 0 Å². The van der Waals surface area contributed by atoms with E-state index in [1.165, 1.54) is 49.9 Å². The summed E-state index contributed by atoms with van der Waals surface area (Å²) in [6.07, 6.45) is 6.50. The summed E-state index contributed by atoms with van der Waals surface area (Å²) < 4.78 is 0. The number of anilines is 1. The highest BCUT2D eigenvalue weighted by Crippen LogP contribution is 2.30. The van der Waals surface area contributed by atoms with Crippen LogP contribution >= 0.6 is 0 Å².